The van der Waals surface area contributed by atoms with Crippen molar-refractivity contribution in [2.24, 2.45) is 5.41 Å². The Kier molecular flexibility index (Phi) is 5.48. The lowest BCUT2D eigenvalue weighted by atomic mass is 9.89. The molecule has 1 aromatic carbocycles. The van der Waals surface area contributed by atoms with Crippen LogP contribution < -0.4 is 5.32 Å². The van der Waals surface area contributed by atoms with E-state index in [-0.39, 0.29) is 11.9 Å². The zero-order chi connectivity index (χ0) is 14.5. The number of hydrogen-bond acceptors (Lipinski definition) is 2. The van der Waals surface area contributed by atoms with Crippen molar-refractivity contribution < 1.29 is 14.3 Å². The molecule has 0 aliphatic heterocycles. The summed E-state index contributed by atoms with van der Waals surface area (Å²) in [4.78, 5) is 11.0. The van der Waals surface area contributed by atoms with E-state index in [1.807, 2.05) is 13.0 Å². The van der Waals surface area contributed by atoms with E-state index in [0.717, 1.165) is 0 Å². The van der Waals surface area contributed by atoms with Gasteiger partial charge < -0.3 is 10.4 Å². The SMILES string of the molecule is CC(Cc1ccccc1F)NCCC(C)(C)C(=O)O. The highest BCUT2D eigenvalue weighted by atomic mass is 19.1. The van der Waals surface area contributed by atoms with E-state index in [9.17, 15) is 9.18 Å². The average molecular weight is 267 g/mol. The number of hydrogen-bond donors (Lipinski definition) is 2. The van der Waals surface area contributed by atoms with Gasteiger partial charge in [-0.25, -0.2) is 4.39 Å². The summed E-state index contributed by atoms with van der Waals surface area (Å²) in [5, 5.41) is 12.2. The summed E-state index contributed by atoms with van der Waals surface area (Å²) < 4.78 is 13.5. The van der Waals surface area contributed by atoms with Crippen molar-refractivity contribution in [1.29, 1.82) is 0 Å². The largest absolute Gasteiger partial charge is 0.481 e. The van der Waals surface area contributed by atoms with Gasteiger partial charge in [-0.2, -0.15) is 0 Å². The van der Waals surface area contributed by atoms with E-state index < -0.39 is 11.4 Å². The fraction of sp³-hybridized carbons (Fsp3) is 0.533. The highest BCUT2D eigenvalue weighted by Gasteiger charge is 2.26. The smallest absolute Gasteiger partial charge is 0.309 e. The Hall–Kier alpha value is -1.42. The second-order valence-corrected chi connectivity index (χ2v) is 5.59. The van der Waals surface area contributed by atoms with Gasteiger partial charge in [0.2, 0.25) is 0 Å². The Bertz CT molecular complexity index is 432. The van der Waals surface area contributed by atoms with Crippen LogP contribution in [-0.4, -0.2) is 23.7 Å². The average Bonchev–Trinajstić information content (AvgIpc) is 2.31. The molecule has 106 valence electrons. The maximum atomic E-state index is 13.5. The fourth-order valence-corrected chi connectivity index (χ4v) is 1.80. The van der Waals surface area contributed by atoms with Gasteiger partial charge in [0.1, 0.15) is 5.82 Å². The molecule has 4 heteroatoms. The first-order chi connectivity index (χ1) is 8.83. The van der Waals surface area contributed by atoms with Gasteiger partial charge in [-0.05, 0) is 51.8 Å². The van der Waals surface area contributed by atoms with Crippen LogP contribution in [0.25, 0.3) is 0 Å². The molecular weight excluding hydrogens is 245 g/mol. The molecule has 0 fully saturated rings. The summed E-state index contributed by atoms with van der Waals surface area (Å²) in [6, 6.07) is 6.83. The second kappa shape index (κ2) is 6.66. The van der Waals surface area contributed by atoms with Gasteiger partial charge >= 0.3 is 5.97 Å². The van der Waals surface area contributed by atoms with Crippen LogP contribution in [0, 0.1) is 11.2 Å². The Morgan fingerprint density at radius 3 is 2.63 bits per heavy atom. The maximum absolute atomic E-state index is 13.5. The first kappa shape index (κ1) is 15.6. The summed E-state index contributed by atoms with van der Waals surface area (Å²) in [5.74, 6) is -0.988. The standard InChI is InChI=1S/C15H22FNO2/c1-11(10-12-6-4-5-7-13(12)16)17-9-8-15(2,3)14(18)19/h4-7,11,17H,8-10H2,1-3H3,(H,18,19). The van der Waals surface area contributed by atoms with Crippen molar-refractivity contribution in [2.45, 2.75) is 39.7 Å². The van der Waals surface area contributed by atoms with Crippen molar-refractivity contribution in [3.63, 3.8) is 0 Å². The fourth-order valence-electron chi connectivity index (χ4n) is 1.80. The highest BCUT2D eigenvalue weighted by molar-refractivity contribution is 5.73. The zero-order valence-corrected chi connectivity index (χ0v) is 11.7. The third-order valence-electron chi connectivity index (χ3n) is 3.31. The third-order valence-corrected chi connectivity index (χ3v) is 3.31. The minimum absolute atomic E-state index is 0.112. The van der Waals surface area contributed by atoms with E-state index in [1.165, 1.54) is 6.07 Å². The number of carboxylic acid groups (broad SMARTS) is 1. The van der Waals surface area contributed by atoms with Crippen molar-refractivity contribution in [3.8, 4) is 0 Å². The first-order valence-corrected chi connectivity index (χ1v) is 6.53. The van der Waals surface area contributed by atoms with Crippen LogP contribution in [0.4, 0.5) is 4.39 Å². The predicted octanol–water partition coefficient (Wildman–Crippen LogP) is 2.85. The lowest BCUT2D eigenvalue weighted by Gasteiger charge is -2.21. The van der Waals surface area contributed by atoms with Crippen LogP contribution in [0.3, 0.4) is 0 Å². The van der Waals surface area contributed by atoms with Gasteiger partial charge in [0.15, 0.2) is 0 Å². The number of rotatable bonds is 7. The number of benzene rings is 1. The highest BCUT2D eigenvalue weighted by Crippen LogP contribution is 2.19. The summed E-state index contributed by atoms with van der Waals surface area (Å²) >= 11 is 0. The second-order valence-electron chi connectivity index (χ2n) is 5.59. The van der Waals surface area contributed by atoms with Crippen LogP contribution in [0.15, 0.2) is 24.3 Å². The molecule has 0 saturated carbocycles. The maximum Gasteiger partial charge on any atom is 0.309 e. The van der Waals surface area contributed by atoms with Crippen molar-refractivity contribution in [2.75, 3.05) is 6.54 Å². The number of carboxylic acids is 1. The molecule has 0 spiro atoms. The number of carbonyl (C=O) groups is 1. The third kappa shape index (κ3) is 4.99. The zero-order valence-electron chi connectivity index (χ0n) is 11.7. The normalized spacial score (nSPS) is 13.3. The summed E-state index contributed by atoms with van der Waals surface area (Å²) in [6.45, 7) is 5.99. The molecule has 0 heterocycles. The molecule has 19 heavy (non-hydrogen) atoms. The number of aliphatic carboxylic acids is 1. The van der Waals surface area contributed by atoms with Gasteiger partial charge in [0.05, 0.1) is 5.41 Å². The van der Waals surface area contributed by atoms with Crippen LogP contribution in [0.1, 0.15) is 32.8 Å². The summed E-state index contributed by atoms with van der Waals surface area (Å²) in [5.41, 5.74) is -0.0509. The van der Waals surface area contributed by atoms with Crippen LogP contribution >= 0.6 is 0 Å². The lowest BCUT2D eigenvalue weighted by molar-refractivity contribution is -0.147. The molecule has 0 radical (unpaired) electrons. The first-order valence-electron chi connectivity index (χ1n) is 6.53. The lowest BCUT2D eigenvalue weighted by Crippen LogP contribution is -2.34. The number of nitrogens with one attached hydrogen (secondary N) is 1. The topological polar surface area (TPSA) is 49.3 Å². The molecule has 3 nitrogen and oxygen atoms in total. The molecule has 1 aromatic rings. The van der Waals surface area contributed by atoms with E-state index in [4.69, 9.17) is 5.11 Å². The Labute approximate surface area is 113 Å². The van der Waals surface area contributed by atoms with E-state index in [0.29, 0.717) is 24.9 Å². The molecular formula is C15H22FNO2. The predicted molar refractivity (Wildman–Crippen MR) is 73.6 cm³/mol. The van der Waals surface area contributed by atoms with Gasteiger partial charge in [0.25, 0.3) is 0 Å². The van der Waals surface area contributed by atoms with Crippen LogP contribution in [0.2, 0.25) is 0 Å². The van der Waals surface area contributed by atoms with Gasteiger partial charge in [-0.15, -0.1) is 0 Å². The number of halogens is 1. The molecule has 0 aromatic heterocycles. The van der Waals surface area contributed by atoms with Crippen molar-refractivity contribution in [1.82, 2.24) is 5.32 Å². The van der Waals surface area contributed by atoms with Crippen LogP contribution in [0.5, 0.6) is 0 Å². The van der Waals surface area contributed by atoms with E-state index >= 15 is 0 Å². The summed E-state index contributed by atoms with van der Waals surface area (Å²) in [7, 11) is 0. The van der Waals surface area contributed by atoms with E-state index in [1.54, 1.807) is 26.0 Å². The quantitative estimate of drug-likeness (QED) is 0.798. The molecule has 1 atom stereocenters. The monoisotopic (exact) mass is 267 g/mol. The molecule has 0 amide bonds. The molecule has 1 rings (SSSR count). The van der Waals surface area contributed by atoms with Crippen molar-refractivity contribution in [3.05, 3.63) is 35.6 Å². The molecule has 0 aliphatic carbocycles. The Balaban J connectivity index is 2.39. The van der Waals surface area contributed by atoms with Crippen LogP contribution in [-0.2, 0) is 11.2 Å². The summed E-state index contributed by atoms with van der Waals surface area (Å²) in [6.07, 6.45) is 1.14. The molecule has 1 unspecified atom stereocenters. The minimum Gasteiger partial charge on any atom is -0.481 e. The Morgan fingerprint density at radius 1 is 1.42 bits per heavy atom. The van der Waals surface area contributed by atoms with Gasteiger partial charge in [-0.3, -0.25) is 4.79 Å². The van der Waals surface area contributed by atoms with Gasteiger partial charge in [-0.1, -0.05) is 18.2 Å². The van der Waals surface area contributed by atoms with E-state index in [2.05, 4.69) is 5.32 Å². The van der Waals surface area contributed by atoms with Crippen molar-refractivity contribution >= 4 is 5.97 Å². The molecule has 2 N–H and O–H groups in total. The van der Waals surface area contributed by atoms with Gasteiger partial charge in [0, 0.05) is 6.04 Å². The molecule has 0 aliphatic rings. The molecule has 0 bridgehead atoms. The molecule has 0 saturated heterocycles. The minimum atomic E-state index is -0.795. The Morgan fingerprint density at radius 2 is 2.05 bits per heavy atom.